The third-order valence-corrected chi connectivity index (χ3v) is 4.48. The van der Waals surface area contributed by atoms with Crippen LogP contribution in [0.1, 0.15) is 55.8 Å². The van der Waals surface area contributed by atoms with Crippen LogP contribution in [0.2, 0.25) is 0 Å². The molecule has 0 bridgehead atoms. The molecule has 0 heterocycles. The number of carbonyl (C=O) groups excluding carboxylic acids is 1. The topological polar surface area (TPSA) is 41.6 Å². The van der Waals surface area contributed by atoms with Gasteiger partial charge in [0.25, 0.3) is 0 Å². The van der Waals surface area contributed by atoms with E-state index in [2.05, 4.69) is 28.2 Å². The number of halogens is 1. The molecule has 1 rings (SSSR count). The lowest BCUT2D eigenvalue weighted by atomic mass is 10.1. The summed E-state index contributed by atoms with van der Waals surface area (Å²) < 4.78 is 6.16. The first-order chi connectivity index (χ1) is 11.5. The molecule has 1 N–H and O–H groups in total. The van der Waals surface area contributed by atoms with Crippen LogP contribution in [0.4, 0.5) is 5.69 Å². The predicted molar refractivity (Wildman–Crippen MR) is 105 cm³/mol. The second-order valence-corrected chi connectivity index (χ2v) is 7.18. The minimum Gasteiger partial charge on any atom is -0.461 e. The van der Waals surface area contributed by atoms with Crippen molar-refractivity contribution >= 4 is 27.6 Å². The summed E-state index contributed by atoms with van der Waals surface area (Å²) in [4.78, 5) is 14.0. The maximum Gasteiger partial charge on any atom is 0.338 e. The van der Waals surface area contributed by atoms with Gasteiger partial charge in [-0.2, -0.15) is 0 Å². The van der Waals surface area contributed by atoms with Gasteiger partial charge >= 0.3 is 5.97 Å². The summed E-state index contributed by atoms with van der Waals surface area (Å²) in [5.74, 6) is -0.278. The molecule has 0 aliphatic rings. The Kier molecular flexibility index (Phi) is 10.8. The molecule has 0 unspecified atom stereocenters. The van der Waals surface area contributed by atoms with Crippen molar-refractivity contribution in [2.45, 2.75) is 45.4 Å². The van der Waals surface area contributed by atoms with Gasteiger partial charge in [0.2, 0.25) is 0 Å². The molecule has 0 saturated carbocycles. The standard InChI is InChI=1S/C19H31BrN2O2/c1-4-5-6-7-8-9-12-21-18-11-10-16(15-17(18)20)19(23)24-14-13-22(2)3/h10-11,15,21H,4-9,12-14H2,1-3H3. The maximum atomic E-state index is 12.0. The maximum absolute atomic E-state index is 12.0. The van der Waals surface area contributed by atoms with Crippen molar-refractivity contribution in [3.63, 3.8) is 0 Å². The highest BCUT2D eigenvalue weighted by Crippen LogP contribution is 2.24. The molecule has 0 aromatic heterocycles. The number of carbonyl (C=O) groups is 1. The minimum absolute atomic E-state index is 0.278. The summed E-state index contributed by atoms with van der Waals surface area (Å²) in [6.07, 6.45) is 7.71. The first-order valence-corrected chi connectivity index (χ1v) is 9.69. The summed E-state index contributed by atoms with van der Waals surface area (Å²) >= 11 is 3.53. The lowest BCUT2D eigenvalue weighted by Gasteiger charge is -2.12. The number of nitrogens with zero attached hydrogens (tertiary/aromatic N) is 1. The summed E-state index contributed by atoms with van der Waals surface area (Å²) in [6, 6.07) is 5.57. The Morgan fingerprint density at radius 1 is 1.17 bits per heavy atom. The normalized spacial score (nSPS) is 10.9. The molecule has 136 valence electrons. The average Bonchev–Trinajstić information content (AvgIpc) is 2.54. The van der Waals surface area contributed by atoms with E-state index in [-0.39, 0.29) is 5.97 Å². The van der Waals surface area contributed by atoms with E-state index in [4.69, 9.17) is 4.74 Å². The molecule has 0 spiro atoms. The second-order valence-electron chi connectivity index (χ2n) is 6.33. The number of nitrogens with one attached hydrogen (secondary N) is 1. The molecule has 0 amide bonds. The van der Waals surface area contributed by atoms with Crippen LogP contribution in [-0.4, -0.2) is 44.7 Å². The van der Waals surface area contributed by atoms with Gasteiger partial charge in [-0.15, -0.1) is 0 Å². The second kappa shape index (κ2) is 12.3. The third-order valence-electron chi connectivity index (χ3n) is 3.82. The molecule has 0 radical (unpaired) electrons. The zero-order chi connectivity index (χ0) is 17.8. The summed E-state index contributed by atoms with van der Waals surface area (Å²) in [5, 5.41) is 3.42. The van der Waals surface area contributed by atoms with Gasteiger partial charge < -0.3 is 15.0 Å². The van der Waals surface area contributed by atoms with Crippen LogP contribution in [0, 0.1) is 0 Å². The molecule has 24 heavy (non-hydrogen) atoms. The predicted octanol–water partition coefficient (Wildman–Crippen LogP) is 4.94. The number of esters is 1. The van der Waals surface area contributed by atoms with Crippen LogP contribution < -0.4 is 5.32 Å². The number of hydrogen-bond donors (Lipinski definition) is 1. The molecule has 0 aliphatic heterocycles. The molecule has 5 heteroatoms. The molecule has 0 aliphatic carbocycles. The minimum atomic E-state index is -0.278. The van der Waals surface area contributed by atoms with Crippen molar-refractivity contribution in [1.29, 1.82) is 0 Å². The monoisotopic (exact) mass is 398 g/mol. The molecule has 1 aromatic rings. The zero-order valence-corrected chi connectivity index (χ0v) is 16.8. The quantitative estimate of drug-likeness (QED) is 0.399. The summed E-state index contributed by atoms with van der Waals surface area (Å²) in [6.45, 7) is 4.32. The lowest BCUT2D eigenvalue weighted by Crippen LogP contribution is -2.20. The largest absolute Gasteiger partial charge is 0.461 e. The van der Waals surface area contributed by atoms with Gasteiger partial charge in [0.05, 0.1) is 5.56 Å². The highest BCUT2D eigenvalue weighted by atomic mass is 79.9. The zero-order valence-electron chi connectivity index (χ0n) is 15.2. The van der Waals surface area contributed by atoms with Gasteiger partial charge in [-0.25, -0.2) is 4.79 Å². The van der Waals surface area contributed by atoms with E-state index < -0.39 is 0 Å². The SMILES string of the molecule is CCCCCCCCNc1ccc(C(=O)OCCN(C)C)cc1Br. The van der Waals surface area contributed by atoms with E-state index in [1.807, 2.05) is 37.2 Å². The number of rotatable bonds is 12. The van der Waals surface area contributed by atoms with Crippen LogP contribution in [-0.2, 0) is 4.74 Å². The third kappa shape index (κ3) is 8.69. The van der Waals surface area contributed by atoms with Gasteiger partial charge in [0, 0.05) is 23.2 Å². The van der Waals surface area contributed by atoms with Gasteiger partial charge in [0.1, 0.15) is 6.61 Å². The number of hydrogen-bond acceptors (Lipinski definition) is 4. The van der Waals surface area contributed by atoms with E-state index in [0.29, 0.717) is 12.2 Å². The number of anilines is 1. The Bertz CT molecular complexity index is 492. The summed E-state index contributed by atoms with van der Waals surface area (Å²) in [7, 11) is 3.91. The lowest BCUT2D eigenvalue weighted by molar-refractivity contribution is 0.0482. The van der Waals surface area contributed by atoms with Crippen LogP contribution in [0.3, 0.4) is 0 Å². The van der Waals surface area contributed by atoms with Crippen LogP contribution in [0.15, 0.2) is 22.7 Å². The van der Waals surface area contributed by atoms with E-state index in [9.17, 15) is 4.79 Å². The fourth-order valence-corrected chi connectivity index (χ4v) is 2.84. The van der Waals surface area contributed by atoms with Crippen molar-refractivity contribution in [2.24, 2.45) is 0 Å². The first-order valence-electron chi connectivity index (χ1n) is 8.90. The number of ether oxygens (including phenoxy) is 1. The van der Waals surface area contributed by atoms with Crippen molar-refractivity contribution in [3.8, 4) is 0 Å². The van der Waals surface area contributed by atoms with E-state index in [0.717, 1.165) is 23.2 Å². The van der Waals surface area contributed by atoms with Gasteiger partial charge in [0.15, 0.2) is 0 Å². The first kappa shape index (κ1) is 21.0. The number of benzene rings is 1. The van der Waals surface area contributed by atoms with Crippen molar-refractivity contribution < 1.29 is 9.53 Å². The molecular weight excluding hydrogens is 368 g/mol. The summed E-state index contributed by atoms with van der Waals surface area (Å²) in [5.41, 5.74) is 1.60. The molecule has 1 aromatic carbocycles. The fraction of sp³-hybridized carbons (Fsp3) is 0.632. The highest BCUT2D eigenvalue weighted by molar-refractivity contribution is 9.10. The van der Waals surface area contributed by atoms with Crippen LogP contribution in [0.5, 0.6) is 0 Å². The number of unbranched alkanes of at least 4 members (excludes halogenated alkanes) is 5. The van der Waals surface area contributed by atoms with Crippen LogP contribution >= 0.6 is 15.9 Å². The Balaban J connectivity index is 2.34. The Labute approximate surface area is 155 Å². The van der Waals surface area contributed by atoms with Crippen molar-refractivity contribution in [2.75, 3.05) is 39.1 Å². The van der Waals surface area contributed by atoms with Gasteiger partial charge in [-0.1, -0.05) is 39.0 Å². The van der Waals surface area contributed by atoms with Gasteiger partial charge in [-0.05, 0) is 54.6 Å². The van der Waals surface area contributed by atoms with Crippen LogP contribution in [0.25, 0.3) is 0 Å². The molecule has 4 nitrogen and oxygen atoms in total. The smallest absolute Gasteiger partial charge is 0.338 e. The number of likely N-dealkylation sites (N-methyl/N-ethyl adjacent to an activating group) is 1. The van der Waals surface area contributed by atoms with Crippen molar-refractivity contribution in [1.82, 2.24) is 4.90 Å². The molecule has 0 fully saturated rings. The van der Waals surface area contributed by atoms with Gasteiger partial charge in [-0.3, -0.25) is 0 Å². The van der Waals surface area contributed by atoms with Crippen molar-refractivity contribution in [3.05, 3.63) is 28.2 Å². The Morgan fingerprint density at radius 2 is 1.88 bits per heavy atom. The average molecular weight is 399 g/mol. The molecular formula is C19H31BrN2O2. The molecule has 0 atom stereocenters. The Hall–Kier alpha value is -1.07. The Morgan fingerprint density at radius 3 is 2.54 bits per heavy atom. The fourth-order valence-electron chi connectivity index (χ4n) is 2.32. The van der Waals surface area contributed by atoms with E-state index >= 15 is 0 Å². The van der Waals surface area contributed by atoms with E-state index in [1.165, 1.54) is 38.5 Å². The van der Waals surface area contributed by atoms with E-state index in [1.54, 1.807) is 0 Å². The highest BCUT2D eigenvalue weighted by Gasteiger charge is 2.10. The molecule has 0 saturated heterocycles.